The number of hydrogen-bond acceptors (Lipinski definition) is 2. The quantitative estimate of drug-likeness (QED) is 0.701. The molecule has 0 unspecified atom stereocenters. The molecule has 1 heterocycles. The molecule has 2 rings (SSSR count). The van der Waals surface area contributed by atoms with Gasteiger partial charge < -0.3 is 16.0 Å². The fourth-order valence-corrected chi connectivity index (χ4v) is 3.13. The molecule has 23 heavy (non-hydrogen) atoms. The SMILES string of the molecule is CCc1ccc([C@H](C)NC(=O)C[NH+]2CCC(C(N)=O)CC2)cc1. The number of carbonyl (C=O) groups excluding carboxylic acids is 2. The fourth-order valence-electron chi connectivity index (χ4n) is 3.13. The van der Waals surface area contributed by atoms with Crippen LogP contribution in [-0.4, -0.2) is 31.4 Å². The summed E-state index contributed by atoms with van der Waals surface area (Å²) in [6, 6.07) is 8.38. The van der Waals surface area contributed by atoms with Crippen molar-refractivity contribution in [3.05, 3.63) is 35.4 Å². The topological polar surface area (TPSA) is 76.6 Å². The Morgan fingerprint density at radius 1 is 1.26 bits per heavy atom. The molecule has 1 aliphatic rings. The third kappa shape index (κ3) is 5.06. The van der Waals surface area contributed by atoms with Crippen molar-refractivity contribution >= 4 is 11.8 Å². The minimum absolute atomic E-state index is 0.0102. The van der Waals surface area contributed by atoms with Crippen molar-refractivity contribution in [3.63, 3.8) is 0 Å². The number of piperidine rings is 1. The summed E-state index contributed by atoms with van der Waals surface area (Å²) in [6.45, 7) is 6.27. The summed E-state index contributed by atoms with van der Waals surface area (Å²) in [6.07, 6.45) is 2.59. The van der Waals surface area contributed by atoms with Gasteiger partial charge in [-0.05, 0) is 24.5 Å². The summed E-state index contributed by atoms with van der Waals surface area (Å²) in [5.41, 5.74) is 7.76. The van der Waals surface area contributed by atoms with Gasteiger partial charge in [0.15, 0.2) is 6.54 Å². The third-order valence-corrected chi connectivity index (χ3v) is 4.77. The van der Waals surface area contributed by atoms with E-state index in [0.717, 1.165) is 37.9 Å². The molecule has 1 aromatic carbocycles. The van der Waals surface area contributed by atoms with Gasteiger partial charge in [-0.15, -0.1) is 0 Å². The van der Waals surface area contributed by atoms with Gasteiger partial charge in [0.2, 0.25) is 5.91 Å². The first kappa shape index (κ1) is 17.5. The van der Waals surface area contributed by atoms with Crippen LogP contribution in [0.2, 0.25) is 0 Å². The Kier molecular flexibility index (Phi) is 6.16. The first-order valence-corrected chi connectivity index (χ1v) is 8.50. The molecule has 1 atom stereocenters. The second kappa shape index (κ2) is 8.11. The third-order valence-electron chi connectivity index (χ3n) is 4.77. The smallest absolute Gasteiger partial charge is 0.275 e. The monoisotopic (exact) mass is 318 g/mol. The number of likely N-dealkylation sites (tertiary alicyclic amines) is 1. The van der Waals surface area contributed by atoms with E-state index >= 15 is 0 Å². The number of carbonyl (C=O) groups is 2. The van der Waals surface area contributed by atoms with Gasteiger partial charge in [-0.1, -0.05) is 31.2 Å². The van der Waals surface area contributed by atoms with E-state index in [1.807, 2.05) is 6.92 Å². The number of hydrogen-bond donors (Lipinski definition) is 3. The van der Waals surface area contributed by atoms with Crippen LogP contribution in [0.1, 0.15) is 43.9 Å². The summed E-state index contributed by atoms with van der Waals surface area (Å²) in [5.74, 6) is -0.167. The van der Waals surface area contributed by atoms with Gasteiger partial charge in [-0.25, -0.2) is 0 Å². The first-order valence-electron chi connectivity index (χ1n) is 8.50. The molecule has 0 aliphatic carbocycles. The van der Waals surface area contributed by atoms with Gasteiger partial charge in [0.05, 0.1) is 19.1 Å². The van der Waals surface area contributed by atoms with Crippen LogP contribution in [0.4, 0.5) is 0 Å². The van der Waals surface area contributed by atoms with Crippen LogP contribution in [0.3, 0.4) is 0 Å². The van der Waals surface area contributed by atoms with Crippen molar-refractivity contribution in [2.24, 2.45) is 11.7 Å². The lowest BCUT2D eigenvalue weighted by molar-refractivity contribution is -0.897. The van der Waals surface area contributed by atoms with Gasteiger partial charge >= 0.3 is 0 Å². The molecule has 4 N–H and O–H groups in total. The van der Waals surface area contributed by atoms with Crippen molar-refractivity contribution in [1.29, 1.82) is 0 Å². The van der Waals surface area contributed by atoms with Crippen LogP contribution in [0, 0.1) is 5.92 Å². The maximum atomic E-state index is 12.2. The standard InChI is InChI=1S/C18H27N3O2/c1-3-14-4-6-15(7-5-14)13(2)20-17(22)12-21-10-8-16(9-11-21)18(19)23/h4-7,13,16H,3,8-12H2,1-2H3,(H2,19,23)(H,20,22)/p+1/t13-/m0/s1. The van der Waals surface area contributed by atoms with Gasteiger partial charge in [0, 0.05) is 18.8 Å². The predicted octanol–water partition coefficient (Wildman–Crippen LogP) is 0.206. The van der Waals surface area contributed by atoms with E-state index in [0.29, 0.717) is 6.54 Å². The molecule has 5 heteroatoms. The van der Waals surface area contributed by atoms with Gasteiger partial charge in [-0.2, -0.15) is 0 Å². The number of nitrogens with two attached hydrogens (primary N) is 1. The van der Waals surface area contributed by atoms with Crippen molar-refractivity contribution in [1.82, 2.24) is 5.32 Å². The molecule has 1 aromatic rings. The summed E-state index contributed by atoms with van der Waals surface area (Å²) < 4.78 is 0. The van der Waals surface area contributed by atoms with E-state index in [-0.39, 0.29) is 23.8 Å². The minimum Gasteiger partial charge on any atom is -0.369 e. The highest BCUT2D eigenvalue weighted by Crippen LogP contribution is 2.13. The van der Waals surface area contributed by atoms with Gasteiger partial charge in [0.25, 0.3) is 5.91 Å². The molecule has 0 spiro atoms. The average molecular weight is 318 g/mol. The molecule has 5 nitrogen and oxygen atoms in total. The molecule has 126 valence electrons. The van der Waals surface area contributed by atoms with Gasteiger partial charge in [-0.3, -0.25) is 9.59 Å². The van der Waals surface area contributed by atoms with Gasteiger partial charge in [0.1, 0.15) is 0 Å². The Bertz CT molecular complexity index is 534. The van der Waals surface area contributed by atoms with Crippen LogP contribution < -0.4 is 16.0 Å². The lowest BCUT2D eigenvalue weighted by Crippen LogP contribution is -3.14. The van der Waals surface area contributed by atoms with Crippen LogP contribution in [-0.2, 0) is 16.0 Å². The number of quaternary nitrogens is 1. The summed E-state index contributed by atoms with van der Waals surface area (Å²) >= 11 is 0. The second-order valence-corrected chi connectivity index (χ2v) is 6.49. The zero-order valence-electron chi connectivity index (χ0n) is 14.1. The molecule has 1 aliphatic heterocycles. The number of amides is 2. The number of aryl methyl sites for hydroxylation is 1. The Morgan fingerprint density at radius 2 is 1.87 bits per heavy atom. The highest BCUT2D eigenvalue weighted by molar-refractivity contribution is 5.77. The van der Waals surface area contributed by atoms with E-state index < -0.39 is 0 Å². The lowest BCUT2D eigenvalue weighted by Gasteiger charge is -2.27. The Hall–Kier alpha value is -1.88. The Balaban J connectivity index is 1.79. The second-order valence-electron chi connectivity index (χ2n) is 6.49. The van der Waals surface area contributed by atoms with Crippen molar-refractivity contribution in [3.8, 4) is 0 Å². The largest absolute Gasteiger partial charge is 0.369 e. The van der Waals surface area contributed by atoms with E-state index in [4.69, 9.17) is 5.73 Å². The van der Waals surface area contributed by atoms with Crippen molar-refractivity contribution < 1.29 is 14.5 Å². The van der Waals surface area contributed by atoms with Crippen LogP contribution >= 0.6 is 0 Å². The Morgan fingerprint density at radius 3 is 2.39 bits per heavy atom. The number of primary amides is 1. The maximum absolute atomic E-state index is 12.2. The molecule has 0 aromatic heterocycles. The highest BCUT2D eigenvalue weighted by Gasteiger charge is 2.27. The molecule has 1 saturated heterocycles. The van der Waals surface area contributed by atoms with Crippen molar-refractivity contribution in [2.45, 2.75) is 39.2 Å². The predicted molar refractivity (Wildman–Crippen MR) is 89.9 cm³/mol. The Labute approximate surface area is 138 Å². The number of rotatable bonds is 6. The molecule has 2 amide bonds. The van der Waals surface area contributed by atoms with E-state index in [1.165, 1.54) is 10.5 Å². The van der Waals surface area contributed by atoms with E-state index in [9.17, 15) is 9.59 Å². The fraction of sp³-hybridized carbons (Fsp3) is 0.556. The molecule has 0 saturated carbocycles. The number of benzene rings is 1. The van der Waals surface area contributed by atoms with Crippen LogP contribution in [0.15, 0.2) is 24.3 Å². The molecule has 0 radical (unpaired) electrons. The van der Waals surface area contributed by atoms with E-state index in [1.54, 1.807) is 0 Å². The molecular weight excluding hydrogens is 290 g/mol. The summed E-state index contributed by atoms with van der Waals surface area (Å²) in [4.78, 5) is 24.6. The average Bonchev–Trinajstić information content (AvgIpc) is 2.55. The summed E-state index contributed by atoms with van der Waals surface area (Å²) in [7, 11) is 0. The molecule has 1 fully saturated rings. The van der Waals surface area contributed by atoms with Crippen LogP contribution in [0.25, 0.3) is 0 Å². The molecular formula is C18H28N3O2+. The first-order chi connectivity index (χ1) is 11.0. The zero-order valence-corrected chi connectivity index (χ0v) is 14.1. The van der Waals surface area contributed by atoms with Crippen molar-refractivity contribution in [2.75, 3.05) is 19.6 Å². The van der Waals surface area contributed by atoms with E-state index in [2.05, 4.69) is 36.5 Å². The highest BCUT2D eigenvalue weighted by atomic mass is 16.2. The zero-order chi connectivity index (χ0) is 16.8. The summed E-state index contributed by atoms with van der Waals surface area (Å²) in [5, 5.41) is 3.06. The number of nitrogens with one attached hydrogen (secondary N) is 2. The molecule has 0 bridgehead atoms. The normalized spacial score (nSPS) is 22.3. The lowest BCUT2D eigenvalue weighted by atomic mass is 9.96. The maximum Gasteiger partial charge on any atom is 0.275 e. The van der Waals surface area contributed by atoms with Crippen LogP contribution in [0.5, 0.6) is 0 Å². The minimum atomic E-state index is -0.211.